The fraction of sp³-hybridized carbons (Fsp3) is 0.304. The van der Waals surface area contributed by atoms with Crippen LogP contribution in [0.2, 0.25) is 0 Å². The summed E-state index contributed by atoms with van der Waals surface area (Å²) in [6.45, 7) is 7.54. The first-order chi connectivity index (χ1) is 14.6. The van der Waals surface area contributed by atoms with Gasteiger partial charge >= 0.3 is 0 Å². The predicted molar refractivity (Wildman–Crippen MR) is 119 cm³/mol. The number of benzene rings is 2. The molecule has 31 heavy (non-hydrogen) atoms. The monoisotopic (exact) mass is 442 g/mol. The van der Waals surface area contributed by atoms with Crippen LogP contribution in [-0.4, -0.2) is 32.3 Å². The number of carbonyl (C=O) groups is 1. The maximum atomic E-state index is 13.0. The largest absolute Gasteiger partial charge is 0.495 e. The molecule has 1 aromatic heterocycles. The highest BCUT2D eigenvalue weighted by atomic mass is 32.2. The SMILES string of the molecule is COc1ccc(-c2onc(C)c2C)cc1S(=O)(=O)CCC(=O)Nc1cc(C)cc(C)c1. The molecule has 0 radical (unpaired) electrons. The van der Waals surface area contributed by atoms with Crippen LogP contribution >= 0.6 is 0 Å². The molecule has 0 unspecified atom stereocenters. The van der Waals surface area contributed by atoms with Gasteiger partial charge in [0.05, 0.1) is 18.6 Å². The molecular formula is C23H26N2O5S. The Bertz CT molecular complexity index is 1210. The van der Waals surface area contributed by atoms with E-state index in [9.17, 15) is 13.2 Å². The van der Waals surface area contributed by atoms with Gasteiger partial charge in [-0.3, -0.25) is 4.79 Å². The van der Waals surface area contributed by atoms with Crippen molar-refractivity contribution in [1.29, 1.82) is 0 Å². The van der Waals surface area contributed by atoms with E-state index in [2.05, 4.69) is 10.5 Å². The van der Waals surface area contributed by atoms with Crippen molar-refractivity contribution in [3.8, 4) is 17.1 Å². The van der Waals surface area contributed by atoms with E-state index in [1.165, 1.54) is 13.2 Å². The Morgan fingerprint density at radius 3 is 2.32 bits per heavy atom. The number of anilines is 1. The van der Waals surface area contributed by atoms with E-state index in [1.807, 2.05) is 45.9 Å². The predicted octanol–water partition coefficient (Wildman–Crippen LogP) is 4.39. The molecule has 0 spiro atoms. The fourth-order valence-electron chi connectivity index (χ4n) is 3.35. The van der Waals surface area contributed by atoms with Gasteiger partial charge in [0.2, 0.25) is 5.91 Å². The quantitative estimate of drug-likeness (QED) is 0.583. The second kappa shape index (κ2) is 8.93. The summed E-state index contributed by atoms with van der Waals surface area (Å²) >= 11 is 0. The Balaban J connectivity index is 1.81. The van der Waals surface area contributed by atoms with Crippen LogP contribution < -0.4 is 10.1 Å². The van der Waals surface area contributed by atoms with Gasteiger partial charge in [-0.2, -0.15) is 0 Å². The highest BCUT2D eigenvalue weighted by molar-refractivity contribution is 7.91. The molecule has 164 valence electrons. The third kappa shape index (κ3) is 5.14. The van der Waals surface area contributed by atoms with Crippen LogP contribution in [0.1, 0.15) is 28.8 Å². The smallest absolute Gasteiger partial charge is 0.225 e. The summed E-state index contributed by atoms with van der Waals surface area (Å²) in [4.78, 5) is 12.4. The van der Waals surface area contributed by atoms with Crippen LogP contribution in [0, 0.1) is 27.7 Å². The summed E-state index contributed by atoms with van der Waals surface area (Å²) in [6, 6.07) is 10.5. The van der Waals surface area contributed by atoms with Gasteiger partial charge in [-0.05, 0) is 69.2 Å². The van der Waals surface area contributed by atoms with E-state index < -0.39 is 9.84 Å². The van der Waals surface area contributed by atoms with Gasteiger partial charge in [-0.15, -0.1) is 0 Å². The number of hydrogen-bond donors (Lipinski definition) is 1. The molecule has 0 aliphatic rings. The molecule has 3 rings (SSSR count). The number of amides is 1. The Morgan fingerprint density at radius 1 is 1.06 bits per heavy atom. The lowest BCUT2D eigenvalue weighted by molar-refractivity contribution is -0.115. The van der Waals surface area contributed by atoms with Crippen LogP contribution in [0.15, 0.2) is 45.8 Å². The van der Waals surface area contributed by atoms with Gasteiger partial charge in [0.15, 0.2) is 15.6 Å². The van der Waals surface area contributed by atoms with Crippen molar-refractivity contribution in [3.63, 3.8) is 0 Å². The lowest BCUT2D eigenvalue weighted by atomic mass is 10.1. The number of sulfone groups is 1. The Labute approximate surface area is 182 Å². The molecule has 2 aromatic carbocycles. The molecule has 0 saturated heterocycles. The second-order valence-electron chi connectivity index (χ2n) is 7.58. The van der Waals surface area contributed by atoms with Gasteiger partial charge in [-0.1, -0.05) is 11.2 Å². The van der Waals surface area contributed by atoms with E-state index in [4.69, 9.17) is 9.26 Å². The first-order valence-corrected chi connectivity index (χ1v) is 11.5. The van der Waals surface area contributed by atoms with Crippen LogP contribution in [0.25, 0.3) is 11.3 Å². The molecule has 0 aliphatic heterocycles. The number of methoxy groups -OCH3 is 1. The van der Waals surface area contributed by atoms with E-state index in [0.29, 0.717) is 17.0 Å². The lowest BCUT2D eigenvalue weighted by Crippen LogP contribution is -2.18. The average Bonchev–Trinajstić information content (AvgIpc) is 3.04. The van der Waals surface area contributed by atoms with Crippen LogP contribution in [0.5, 0.6) is 5.75 Å². The highest BCUT2D eigenvalue weighted by Crippen LogP contribution is 2.33. The number of nitrogens with zero attached hydrogens (tertiary/aromatic N) is 1. The molecule has 0 atom stereocenters. The molecule has 0 bridgehead atoms. The molecular weight excluding hydrogens is 416 g/mol. The molecule has 1 N–H and O–H groups in total. The number of nitrogens with one attached hydrogen (secondary N) is 1. The van der Waals surface area contributed by atoms with Crippen LogP contribution in [0.3, 0.4) is 0 Å². The Kier molecular flexibility index (Phi) is 6.50. The minimum Gasteiger partial charge on any atom is -0.495 e. The first kappa shape index (κ1) is 22.6. The van der Waals surface area contributed by atoms with Crippen molar-refractivity contribution in [2.75, 3.05) is 18.2 Å². The van der Waals surface area contributed by atoms with Gasteiger partial charge in [-0.25, -0.2) is 8.42 Å². The maximum Gasteiger partial charge on any atom is 0.225 e. The number of ether oxygens (including phenoxy) is 1. The van der Waals surface area contributed by atoms with Crippen molar-refractivity contribution in [3.05, 3.63) is 58.8 Å². The fourth-order valence-corrected chi connectivity index (χ4v) is 4.79. The van der Waals surface area contributed by atoms with Crippen LogP contribution in [-0.2, 0) is 14.6 Å². The van der Waals surface area contributed by atoms with Gasteiger partial charge in [0, 0.05) is 23.2 Å². The minimum atomic E-state index is -3.79. The van der Waals surface area contributed by atoms with Crippen molar-refractivity contribution in [1.82, 2.24) is 5.16 Å². The van der Waals surface area contributed by atoms with E-state index in [1.54, 1.807) is 12.1 Å². The molecule has 0 aliphatic carbocycles. The zero-order chi connectivity index (χ0) is 22.8. The second-order valence-corrected chi connectivity index (χ2v) is 9.66. The summed E-state index contributed by atoms with van der Waals surface area (Å²) < 4.78 is 36.7. The minimum absolute atomic E-state index is 0.0140. The summed E-state index contributed by atoms with van der Waals surface area (Å²) in [6.07, 6.45) is -0.177. The van der Waals surface area contributed by atoms with Gasteiger partial charge in [0.1, 0.15) is 10.6 Å². The summed E-state index contributed by atoms with van der Waals surface area (Å²) in [7, 11) is -2.38. The highest BCUT2D eigenvalue weighted by Gasteiger charge is 2.23. The zero-order valence-corrected chi connectivity index (χ0v) is 19.1. The Hall–Kier alpha value is -3.13. The lowest BCUT2D eigenvalue weighted by Gasteiger charge is -2.12. The number of aromatic nitrogens is 1. The topological polar surface area (TPSA) is 98.5 Å². The molecule has 0 saturated carbocycles. The van der Waals surface area contributed by atoms with Gasteiger partial charge < -0.3 is 14.6 Å². The third-order valence-corrected chi connectivity index (χ3v) is 6.75. The summed E-state index contributed by atoms with van der Waals surface area (Å²) in [5, 5.41) is 6.70. The molecule has 1 amide bonds. The van der Waals surface area contributed by atoms with Crippen molar-refractivity contribution in [2.45, 2.75) is 39.0 Å². The molecule has 7 nitrogen and oxygen atoms in total. The number of aryl methyl sites for hydroxylation is 3. The van der Waals surface area contributed by atoms with E-state index in [-0.39, 0.29) is 28.7 Å². The van der Waals surface area contributed by atoms with Crippen LogP contribution in [0.4, 0.5) is 5.69 Å². The number of hydrogen-bond acceptors (Lipinski definition) is 6. The van der Waals surface area contributed by atoms with Crippen molar-refractivity contribution < 1.29 is 22.5 Å². The number of rotatable bonds is 7. The van der Waals surface area contributed by atoms with E-state index in [0.717, 1.165) is 22.4 Å². The maximum absolute atomic E-state index is 13.0. The Morgan fingerprint density at radius 2 is 1.74 bits per heavy atom. The third-order valence-electron chi connectivity index (χ3n) is 5.02. The molecule has 8 heteroatoms. The van der Waals surface area contributed by atoms with Crippen molar-refractivity contribution in [2.24, 2.45) is 0 Å². The average molecular weight is 443 g/mol. The zero-order valence-electron chi connectivity index (χ0n) is 18.3. The van der Waals surface area contributed by atoms with Gasteiger partial charge in [0.25, 0.3) is 0 Å². The normalized spacial score (nSPS) is 11.4. The molecule has 0 fully saturated rings. The summed E-state index contributed by atoms with van der Waals surface area (Å²) in [5.41, 5.74) is 4.83. The standard InChI is InChI=1S/C23H26N2O5S/c1-14-10-15(2)12-19(11-14)24-22(26)8-9-31(27,28)21-13-18(6-7-20(21)29-5)23-16(3)17(4)25-30-23/h6-7,10-13H,8-9H2,1-5H3,(H,24,26). The summed E-state index contributed by atoms with van der Waals surface area (Å²) in [5.74, 6) is -0.000345. The molecule has 3 aromatic rings. The number of carbonyl (C=O) groups excluding carboxylic acids is 1. The van der Waals surface area contributed by atoms with E-state index >= 15 is 0 Å². The first-order valence-electron chi connectivity index (χ1n) is 9.83. The molecule has 1 heterocycles. The van der Waals surface area contributed by atoms with Crippen molar-refractivity contribution >= 4 is 21.4 Å².